The van der Waals surface area contributed by atoms with Gasteiger partial charge in [0.2, 0.25) is 5.91 Å². The molecule has 0 spiro atoms. The molecule has 21 heavy (non-hydrogen) atoms. The van der Waals surface area contributed by atoms with Crippen LogP contribution in [0.25, 0.3) is 6.08 Å². The van der Waals surface area contributed by atoms with Crippen LogP contribution in [0.2, 0.25) is 5.02 Å². The van der Waals surface area contributed by atoms with E-state index in [0.29, 0.717) is 23.7 Å². The van der Waals surface area contributed by atoms with E-state index in [1.165, 1.54) is 0 Å². The molecule has 0 aliphatic rings. The SMILES string of the molecule is C/C(=C\c1ccccc1Cl)C(=O)N(C)CCn1cnnc1. The van der Waals surface area contributed by atoms with Crippen molar-refractivity contribution in [1.82, 2.24) is 19.7 Å². The number of halogens is 1. The molecule has 0 N–H and O–H groups in total. The molecule has 6 heteroatoms. The topological polar surface area (TPSA) is 51.0 Å². The standard InChI is InChI=1S/C15H17ClN4O/c1-12(9-13-5-3-4-6-14(13)16)15(21)19(2)7-8-20-10-17-18-11-20/h3-6,9-11H,7-8H2,1-2H3/b12-9+. The number of amides is 1. The Morgan fingerprint density at radius 2 is 2.00 bits per heavy atom. The highest BCUT2D eigenvalue weighted by Crippen LogP contribution is 2.18. The Kier molecular flexibility index (Phi) is 5.11. The van der Waals surface area contributed by atoms with Gasteiger partial charge in [-0.15, -0.1) is 10.2 Å². The normalized spacial score (nSPS) is 11.5. The number of hydrogen-bond acceptors (Lipinski definition) is 3. The van der Waals surface area contributed by atoms with Crippen molar-refractivity contribution in [3.05, 3.63) is 53.1 Å². The summed E-state index contributed by atoms with van der Waals surface area (Å²) in [6.07, 6.45) is 5.06. The molecule has 0 saturated heterocycles. The average molecular weight is 305 g/mol. The third-order valence-corrected chi connectivity index (χ3v) is 3.47. The van der Waals surface area contributed by atoms with Crippen LogP contribution in [0, 0.1) is 0 Å². The molecule has 5 nitrogen and oxygen atoms in total. The Morgan fingerprint density at radius 1 is 1.33 bits per heavy atom. The number of benzene rings is 1. The zero-order chi connectivity index (χ0) is 15.2. The van der Waals surface area contributed by atoms with E-state index in [-0.39, 0.29) is 5.91 Å². The molecule has 110 valence electrons. The van der Waals surface area contributed by atoms with Crippen LogP contribution in [-0.4, -0.2) is 39.2 Å². The lowest BCUT2D eigenvalue weighted by Crippen LogP contribution is -2.30. The van der Waals surface area contributed by atoms with Crippen LogP contribution in [-0.2, 0) is 11.3 Å². The summed E-state index contributed by atoms with van der Waals surface area (Å²) in [5.74, 6) is -0.0250. The summed E-state index contributed by atoms with van der Waals surface area (Å²) in [7, 11) is 1.77. The molecule has 0 unspecified atom stereocenters. The maximum atomic E-state index is 12.3. The van der Waals surface area contributed by atoms with Crippen LogP contribution >= 0.6 is 11.6 Å². The summed E-state index contributed by atoms with van der Waals surface area (Å²) in [5, 5.41) is 8.09. The Bertz CT molecular complexity index is 637. The minimum absolute atomic E-state index is 0.0250. The third-order valence-electron chi connectivity index (χ3n) is 3.12. The number of aromatic nitrogens is 3. The van der Waals surface area contributed by atoms with Crippen LogP contribution in [0.15, 0.2) is 42.5 Å². The number of nitrogens with zero attached hydrogens (tertiary/aromatic N) is 4. The fourth-order valence-corrected chi connectivity index (χ4v) is 2.08. The number of likely N-dealkylation sites (N-methyl/N-ethyl adjacent to an activating group) is 1. The first-order valence-corrected chi connectivity index (χ1v) is 6.96. The zero-order valence-corrected chi connectivity index (χ0v) is 12.8. The van der Waals surface area contributed by atoms with Crippen molar-refractivity contribution in [2.45, 2.75) is 13.5 Å². The molecule has 0 aliphatic heterocycles. The van der Waals surface area contributed by atoms with E-state index in [9.17, 15) is 4.79 Å². The van der Waals surface area contributed by atoms with Gasteiger partial charge in [0.1, 0.15) is 12.7 Å². The number of rotatable bonds is 5. The molecule has 1 aromatic carbocycles. The van der Waals surface area contributed by atoms with Gasteiger partial charge in [0, 0.05) is 30.7 Å². The molecule has 1 heterocycles. The predicted octanol–water partition coefficient (Wildman–Crippen LogP) is 2.49. The van der Waals surface area contributed by atoms with Gasteiger partial charge in [-0.3, -0.25) is 4.79 Å². The van der Waals surface area contributed by atoms with Crippen LogP contribution in [0.3, 0.4) is 0 Å². The smallest absolute Gasteiger partial charge is 0.249 e. The van der Waals surface area contributed by atoms with Gasteiger partial charge in [-0.25, -0.2) is 0 Å². The zero-order valence-electron chi connectivity index (χ0n) is 12.0. The van der Waals surface area contributed by atoms with Gasteiger partial charge >= 0.3 is 0 Å². The van der Waals surface area contributed by atoms with Gasteiger partial charge in [0.15, 0.2) is 0 Å². The van der Waals surface area contributed by atoms with E-state index in [4.69, 9.17) is 11.6 Å². The second-order valence-corrected chi connectivity index (χ2v) is 5.18. The van der Waals surface area contributed by atoms with Crippen LogP contribution in [0.4, 0.5) is 0 Å². The Hall–Kier alpha value is -2.14. The average Bonchev–Trinajstić information content (AvgIpc) is 2.99. The molecule has 0 atom stereocenters. The lowest BCUT2D eigenvalue weighted by atomic mass is 10.1. The third kappa shape index (κ3) is 4.16. The molecule has 1 aromatic heterocycles. The molecular formula is C15H17ClN4O. The van der Waals surface area contributed by atoms with Gasteiger partial charge in [0.25, 0.3) is 0 Å². The minimum Gasteiger partial charge on any atom is -0.340 e. The van der Waals surface area contributed by atoms with Crippen molar-refractivity contribution in [2.75, 3.05) is 13.6 Å². The van der Waals surface area contributed by atoms with E-state index >= 15 is 0 Å². The molecule has 2 aromatic rings. The highest BCUT2D eigenvalue weighted by atomic mass is 35.5. The first-order chi connectivity index (χ1) is 10.1. The van der Waals surface area contributed by atoms with Crippen molar-refractivity contribution in [3.8, 4) is 0 Å². The van der Waals surface area contributed by atoms with Gasteiger partial charge in [0.05, 0.1) is 0 Å². The molecule has 0 fully saturated rings. The highest BCUT2D eigenvalue weighted by molar-refractivity contribution is 6.32. The molecule has 0 aliphatic carbocycles. The van der Waals surface area contributed by atoms with Crippen LogP contribution in [0.1, 0.15) is 12.5 Å². The second kappa shape index (κ2) is 7.04. The van der Waals surface area contributed by atoms with Crippen LogP contribution < -0.4 is 0 Å². The maximum absolute atomic E-state index is 12.3. The van der Waals surface area contributed by atoms with Gasteiger partial charge in [-0.1, -0.05) is 29.8 Å². The van der Waals surface area contributed by atoms with Crippen molar-refractivity contribution in [1.29, 1.82) is 0 Å². The summed E-state index contributed by atoms with van der Waals surface area (Å²) < 4.78 is 1.83. The summed E-state index contributed by atoms with van der Waals surface area (Å²) in [6, 6.07) is 7.45. The second-order valence-electron chi connectivity index (χ2n) is 4.78. The number of hydrogen-bond donors (Lipinski definition) is 0. The molecule has 0 bridgehead atoms. The predicted molar refractivity (Wildman–Crippen MR) is 82.8 cm³/mol. The summed E-state index contributed by atoms with van der Waals surface area (Å²) in [5.41, 5.74) is 1.49. The van der Waals surface area contributed by atoms with Crippen molar-refractivity contribution in [2.24, 2.45) is 0 Å². The lowest BCUT2D eigenvalue weighted by molar-refractivity contribution is -0.125. The van der Waals surface area contributed by atoms with Crippen molar-refractivity contribution < 1.29 is 4.79 Å². The Balaban J connectivity index is 1.99. The molecular weight excluding hydrogens is 288 g/mol. The maximum Gasteiger partial charge on any atom is 0.249 e. The van der Waals surface area contributed by atoms with Gasteiger partial charge in [-0.05, 0) is 24.6 Å². The fourth-order valence-electron chi connectivity index (χ4n) is 1.89. The summed E-state index contributed by atoms with van der Waals surface area (Å²) in [6.45, 7) is 3.04. The first-order valence-electron chi connectivity index (χ1n) is 6.58. The van der Waals surface area contributed by atoms with E-state index < -0.39 is 0 Å². The van der Waals surface area contributed by atoms with E-state index in [0.717, 1.165) is 5.56 Å². The van der Waals surface area contributed by atoms with Crippen molar-refractivity contribution >= 4 is 23.6 Å². The van der Waals surface area contributed by atoms with Gasteiger partial charge in [-0.2, -0.15) is 0 Å². The number of carbonyl (C=O) groups excluding carboxylic acids is 1. The Morgan fingerprint density at radius 3 is 2.67 bits per heavy atom. The molecule has 2 rings (SSSR count). The molecule has 0 saturated carbocycles. The van der Waals surface area contributed by atoms with Crippen molar-refractivity contribution in [3.63, 3.8) is 0 Å². The Labute approximate surface area is 128 Å². The number of carbonyl (C=O) groups is 1. The van der Waals surface area contributed by atoms with E-state index in [1.54, 1.807) is 43.7 Å². The summed E-state index contributed by atoms with van der Waals surface area (Å²) >= 11 is 6.09. The monoisotopic (exact) mass is 304 g/mol. The minimum atomic E-state index is -0.0250. The van der Waals surface area contributed by atoms with E-state index in [1.807, 2.05) is 22.8 Å². The highest BCUT2D eigenvalue weighted by Gasteiger charge is 2.11. The van der Waals surface area contributed by atoms with Crippen LogP contribution in [0.5, 0.6) is 0 Å². The first kappa shape index (κ1) is 15.3. The fraction of sp³-hybridized carbons (Fsp3) is 0.267. The lowest BCUT2D eigenvalue weighted by Gasteiger charge is -2.17. The largest absolute Gasteiger partial charge is 0.340 e. The quantitative estimate of drug-likeness (QED) is 0.798. The summed E-state index contributed by atoms with van der Waals surface area (Å²) in [4.78, 5) is 14.0. The molecule has 1 amide bonds. The van der Waals surface area contributed by atoms with E-state index in [2.05, 4.69) is 10.2 Å². The van der Waals surface area contributed by atoms with Gasteiger partial charge < -0.3 is 9.47 Å². The molecule has 0 radical (unpaired) electrons.